The number of ether oxygens (including phenoxy) is 1. The minimum Gasteiger partial charge on any atom is -0.496 e. The fourth-order valence-corrected chi connectivity index (χ4v) is 2.55. The van der Waals surface area contributed by atoms with Crippen molar-refractivity contribution in [2.45, 2.75) is 13.0 Å². The van der Waals surface area contributed by atoms with Gasteiger partial charge in [0.1, 0.15) is 23.4 Å². The van der Waals surface area contributed by atoms with Crippen molar-refractivity contribution in [3.8, 4) is 5.75 Å². The van der Waals surface area contributed by atoms with Gasteiger partial charge in [0.05, 0.1) is 7.11 Å². The number of hydrogen-bond donors (Lipinski definition) is 2. The molecule has 2 N–H and O–H groups in total. The van der Waals surface area contributed by atoms with Gasteiger partial charge < -0.3 is 19.1 Å². The number of benzene rings is 1. The van der Waals surface area contributed by atoms with Gasteiger partial charge in [-0.15, -0.1) is 0 Å². The molecule has 130 valence electrons. The van der Waals surface area contributed by atoms with Gasteiger partial charge in [0.15, 0.2) is 5.82 Å². The Morgan fingerprint density at radius 2 is 2.16 bits per heavy atom. The summed E-state index contributed by atoms with van der Waals surface area (Å²) in [7, 11) is 3.46. The lowest BCUT2D eigenvalue weighted by Gasteiger charge is -2.21. The number of nitrogens with zero attached hydrogens (tertiary/aromatic N) is 3. The number of methoxy groups -OCH3 is 1. The van der Waals surface area contributed by atoms with Crippen LogP contribution < -0.4 is 15.4 Å². The van der Waals surface area contributed by atoms with Crippen LogP contribution in [0.25, 0.3) is 0 Å². The monoisotopic (exact) mass is 341 g/mol. The van der Waals surface area contributed by atoms with E-state index >= 15 is 0 Å². The lowest BCUT2D eigenvalue weighted by Crippen LogP contribution is -2.34. The van der Waals surface area contributed by atoms with Crippen LogP contribution in [0.1, 0.15) is 23.2 Å². The van der Waals surface area contributed by atoms with Crippen molar-refractivity contribution in [2.24, 2.45) is 7.05 Å². The second-order valence-corrected chi connectivity index (χ2v) is 5.49. The number of urea groups is 1. The molecule has 0 saturated heterocycles. The van der Waals surface area contributed by atoms with Crippen LogP contribution in [0.4, 0.5) is 10.6 Å². The van der Waals surface area contributed by atoms with Gasteiger partial charge >= 0.3 is 6.03 Å². The zero-order chi connectivity index (χ0) is 17.8. The Kier molecular flexibility index (Phi) is 4.69. The highest BCUT2D eigenvalue weighted by Crippen LogP contribution is 2.29. The van der Waals surface area contributed by atoms with Gasteiger partial charge in [-0.3, -0.25) is 5.32 Å². The minimum atomic E-state index is -0.496. The number of aryl methyl sites for hydroxylation is 2. The average Bonchev–Trinajstić information content (AvgIpc) is 3.21. The van der Waals surface area contributed by atoms with Crippen LogP contribution >= 0.6 is 0 Å². The molecule has 2 aromatic heterocycles. The van der Waals surface area contributed by atoms with Crippen molar-refractivity contribution < 1.29 is 14.1 Å². The molecular weight excluding hydrogens is 322 g/mol. The molecule has 3 rings (SSSR count). The fraction of sp³-hybridized carbons (Fsp3) is 0.235. The maximum absolute atomic E-state index is 12.4. The maximum Gasteiger partial charge on any atom is 0.321 e. The van der Waals surface area contributed by atoms with Gasteiger partial charge in [0, 0.05) is 31.1 Å². The van der Waals surface area contributed by atoms with E-state index in [1.54, 1.807) is 26.3 Å². The molecule has 0 radical (unpaired) electrons. The smallest absolute Gasteiger partial charge is 0.321 e. The molecule has 1 atom stereocenters. The standard InChI is InChI=1S/C17H19N5O3/c1-11-10-14(21-25-11)19-17(23)20-15(16-18-8-9-22(16)2)12-6-4-5-7-13(12)24-3/h4-10,15H,1-3H3,(H2,19,20,21,23)/t15-/m0/s1. The number of imidazole rings is 1. The lowest BCUT2D eigenvalue weighted by molar-refractivity contribution is 0.249. The molecule has 8 nitrogen and oxygen atoms in total. The SMILES string of the molecule is COc1ccccc1[C@H](NC(=O)Nc1cc(C)on1)c1nccn1C. The van der Waals surface area contributed by atoms with E-state index in [4.69, 9.17) is 9.26 Å². The third-order valence-corrected chi connectivity index (χ3v) is 3.71. The summed E-state index contributed by atoms with van der Waals surface area (Å²) in [6, 6.07) is 8.20. The molecule has 3 aromatic rings. The molecule has 8 heteroatoms. The summed E-state index contributed by atoms with van der Waals surface area (Å²) >= 11 is 0. The fourth-order valence-electron chi connectivity index (χ4n) is 2.55. The molecule has 0 spiro atoms. The quantitative estimate of drug-likeness (QED) is 0.744. The summed E-state index contributed by atoms with van der Waals surface area (Å²) in [5.41, 5.74) is 0.797. The van der Waals surface area contributed by atoms with E-state index in [-0.39, 0.29) is 0 Å². The van der Waals surface area contributed by atoms with Crippen molar-refractivity contribution in [1.82, 2.24) is 20.0 Å². The molecule has 25 heavy (non-hydrogen) atoms. The number of amides is 2. The topological polar surface area (TPSA) is 94.2 Å². The molecular formula is C17H19N5O3. The van der Waals surface area contributed by atoms with Crippen molar-refractivity contribution in [1.29, 1.82) is 0 Å². The van der Waals surface area contributed by atoms with E-state index < -0.39 is 12.1 Å². The predicted octanol–water partition coefficient (Wildman–Crippen LogP) is 2.64. The van der Waals surface area contributed by atoms with E-state index in [0.717, 1.165) is 5.56 Å². The molecule has 0 unspecified atom stereocenters. The number of anilines is 1. The Hall–Kier alpha value is -3.29. The minimum absolute atomic E-state index is 0.341. The van der Waals surface area contributed by atoms with Crippen LogP contribution in [0.15, 0.2) is 47.2 Å². The first-order valence-corrected chi connectivity index (χ1v) is 7.69. The second kappa shape index (κ2) is 7.08. The Morgan fingerprint density at radius 3 is 2.80 bits per heavy atom. The number of carbonyl (C=O) groups excluding carboxylic acids is 1. The van der Waals surface area contributed by atoms with E-state index in [1.807, 2.05) is 42.1 Å². The highest BCUT2D eigenvalue weighted by molar-refractivity contribution is 5.88. The summed E-state index contributed by atoms with van der Waals surface area (Å²) in [6.45, 7) is 1.75. The summed E-state index contributed by atoms with van der Waals surface area (Å²) in [5, 5.41) is 9.32. The second-order valence-electron chi connectivity index (χ2n) is 5.49. The first-order valence-electron chi connectivity index (χ1n) is 7.69. The van der Waals surface area contributed by atoms with Crippen molar-refractivity contribution in [3.05, 3.63) is 59.9 Å². The molecule has 2 heterocycles. The molecule has 1 aromatic carbocycles. The van der Waals surface area contributed by atoms with Crippen molar-refractivity contribution in [3.63, 3.8) is 0 Å². The summed E-state index contributed by atoms with van der Waals surface area (Å²) in [5.74, 6) is 2.29. The summed E-state index contributed by atoms with van der Waals surface area (Å²) in [6.07, 6.45) is 3.50. The molecule has 0 aliphatic rings. The predicted molar refractivity (Wildman–Crippen MR) is 91.4 cm³/mol. The molecule has 0 aliphatic carbocycles. The van der Waals surface area contributed by atoms with Crippen molar-refractivity contribution in [2.75, 3.05) is 12.4 Å². The van der Waals surface area contributed by atoms with Crippen LogP contribution in [-0.2, 0) is 7.05 Å². The van der Waals surface area contributed by atoms with E-state index in [2.05, 4.69) is 20.8 Å². The highest BCUT2D eigenvalue weighted by atomic mass is 16.5. The zero-order valence-electron chi connectivity index (χ0n) is 14.2. The molecule has 2 amide bonds. The van der Waals surface area contributed by atoms with Crippen LogP contribution in [0.2, 0.25) is 0 Å². The number of para-hydroxylation sites is 1. The number of aromatic nitrogens is 3. The number of rotatable bonds is 5. The molecule has 0 saturated carbocycles. The third kappa shape index (κ3) is 3.63. The Bertz CT molecular complexity index is 871. The number of hydrogen-bond acceptors (Lipinski definition) is 5. The van der Waals surface area contributed by atoms with E-state index in [0.29, 0.717) is 23.2 Å². The highest BCUT2D eigenvalue weighted by Gasteiger charge is 2.24. The van der Waals surface area contributed by atoms with E-state index in [9.17, 15) is 4.79 Å². The van der Waals surface area contributed by atoms with Gasteiger partial charge in [-0.25, -0.2) is 9.78 Å². The van der Waals surface area contributed by atoms with Gasteiger partial charge in [-0.05, 0) is 13.0 Å². The van der Waals surface area contributed by atoms with Gasteiger partial charge in [0.25, 0.3) is 0 Å². The first kappa shape index (κ1) is 16.6. The summed E-state index contributed by atoms with van der Waals surface area (Å²) in [4.78, 5) is 16.8. The Balaban J connectivity index is 1.89. The lowest BCUT2D eigenvalue weighted by atomic mass is 10.0. The van der Waals surface area contributed by atoms with Crippen LogP contribution in [0, 0.1) is 6.92 Å². The first-order chi connectivity index (χ1) is 12.1. The zero-order valence-corrected chi connectivity index (χ0v) is 14.2. The van der Waals surface area contributed by atoms with Gasteiger partial charge in [-0.1, -0.05) is 23.4 Å². The third-order valence-electron chi connectivity index (χ3n) is 3.71. The molecule has 0 bridgehead atoms. The van der Waals surface area contributed by atoms with Crippen LogP contribution in [-0.4, -0.2) is 27.8 Å². The normalized spacial score (nSPS) is 11.8. The largest absolute Gasteiger partial charge is 0.496 e. The number of carbonyl (C=O) groups is 1. The Morgan fingerprint density at radius 1 is 1.36 bits per heavy atom. The number of nitrogens with one attached hydrogen (secondary N) is 2. The molecule has 0 aliphatic heterocycles. The average molecular weight is 341 g/mol. The maximum atomic E-state index is 12.4. The van der Waals surface area contributed by atoms with Gasteiger partial charge in [0.2, 0.25) is 0 Å². The van der Waals surface area contributed by atoms with Gasteiger partial charge in [-0.2, -0.15) is 0 Å². The van der Waals surface area contributed by atoms with Crippen molar-refractivity contribution >= 4 is 11.8 Å². The van der Waals surface area contributed by atoms with Crippen LogP contribution in [0.5, 0.6) is 5.75 Å². The van der Waals surface area contributed by atoms with Crippen LogP contribution in [0.3, 0.4) is 0 Å². The molecule has 0 fully saturated rings. The van der Waals surface area contributed by atoms with E-state index in [1.165, 1.54) is 0 Å². The summed E-state index contributed by atoms with van der Waals surface area (Å²) < 4.78 is 12.2. The Labute approximate surface area is 144 Å².